The number of fused-ring (bicyclic) bond motifs is 3. The number of halogens is 3. The van der Waals surface area contributed by atoms with E-state index in [9.17, 15) is 18.3 Å². The van der Waals surface area contributed by atoms with Crippen LogP contribution in [0, 0.1) is 0 Å². The summed E-state index contributed by atoms with van der Waals surface area (Å²) in [5.74, 6) is 0. The van der Waals surface area contributed by atoms with E-state index in [1.54, 1.807) is 6.07 Å². The third-order valence-electron chi connectivity index (χ3n) is 4.23. The summed E-state index contributed by atoms with van der Waals surface area (Å²) in [5.41, 5.74) is 3.43. The van der Waals surface area contributed by atoms with E-state index in [4.69, 9.17) is 0 Å². The fraction of sp³-hybridized carbons (Fsp3) is 0.294. The van der Waals surface area contributed by atoms with E-state index < -0.39 is 12.3 Å². The smallest absolute Gasteiger partial charge is 0.379 e. The lowest BCUT2D eigenvalue weighted by Crippen LogP contribution is -2.21. The molecule has 1 atom stereocenters. The third kappa shape index (κ3) is 2.05. The number of aliphatic hydroxyl groups is 1. The van der Waals surface area contributed by atoms with Gasteiger partial charge in [-0.05, 0) is 27.8 Å². The number of alkyl halides is 3. The van der Waals surface area contributed by atoms with Crippen LogP contribution in [0.25, 0.3) is 11.1 Å². The second-order valence-corrected chi connectivity index (χ2v) is 5.92. The predicted molar refractivity (Wildman–Crippen MR) is 75.0 cm³/mol. The zero-order chi connectivity index (χ0) is 15.4. The van der Waals surface area contributed by atoms with Crippen molar-refractivity contribution in [1.82, 2.24) is 0 Å². The molecule has 0 spiro atoms. The highest BCUT2D eigenvalue weighted by Crippen LogP contribution is 2.49. The fourth-order valence-electron chi connectivity index (χ4n) is 3.08. The molecule has 1 nitrogen and oxygen atoms in total. The molecule has 0 amide bonds. The van der Waals surface area contributed by atoms with Crippen LogP contribution in [-0.4, -0.2) is 11.3 Å². The molecule has 4 heteroatoms. The van der Waals surface area contributed by atoms with Crippen molar-refractivity contribution in [1.29, 1.82) is 0 Å². The van der Waals surface area contributed by atoms with Gasteiger partial charge in [-0.25, -0.2) is 0 Å². The number of hydrogen-bond donors (Lipinski definition) is 1. The van der Waals surface area contributed by atoms with Crippen molar-refractivity contribution in [3.63, 3.8) is 0 Å². The lowest BCUT2D eigenvalue weighted by Gasteiger charge is -2.23. The standard InChI is InChI=1S/C17H15F3O/c1-16(2)13-6-4-3-5-11(13)12-8-7-10(9-14(12)16)15(21)17(18,19)20/h3-9,15,21H,1-2H3. The van der Waals surface area contributed by atoms with Gasteiger partial charge in [0.25, 0.3) is 0 Å². The summed E-state index contributed by atoms with van der Waals surface area (Å²) in [4.78, 5) is 0. The summed E-state index contributed by atoms with van der Waals surface area (Å²) < 4.78 is 38.1. The molecule has 0 fully saturated rings. The largest absolute Gasteiger partial charge is 0.418 e. The quantitative estimate of drug-likeness (QED) is 0.815. The van der Waals surface area contributed by atoms with Crippen LogP contribution >= 0.6 is 0 Å². The van der Waals surface area contributed by atoms with E-state index >= 15 is 0 Å². The summed E-state index contributed by atoms with van der Waals surface area (Å²) in [6.45, 7) is 3.98. The summed E-state index contributed by atoms with van der Waals surface area (Å²) in [6, 6.07) is 12.3. The first-order valence-electron chi connectivity index (χ1n) is 6.72. The van der Waals surface area contributed by atoms with Crippen LogP contribution in [0.2, 0.25) is 0 Å². The Morgan fingerprint density at radius 1 is 0.952 bits per heavy atom. The Hall–Kier alpha value is -1.81. The Kier molecular flexibility index (Phi) is 2.92. The number of rotatable bonds is 1. The second-order valence-electron chi connectivity index (χ2n) is 5.92. The van der Waals surface area contributed by atoms with Crippen LogP contribution in [0.1, 0.15) is 36.6 Å². The molecular formula is C17H15F3O. The first-order chi connectivity index (χ1) is 9.73. The highest BCUT2D eigenvalue weighted by atomic mass is 19.4. The SMILES string of the molecule is CC1(C)c2ccccc2-c2ccc(C(O)C(F)(F)F)cc21. The Bertz CT molecular complexity index is 701. The van der Waals surface area contributed by atoms with Gasteiger partial charge in [0.15, 0.2) is 6.10 Å². The zero-order valence-corrected chi connectivity index (χ0v) is 11.7. The summed E-state index contributed by atoms with van der Waals surface area (Å²) in [6.07, 6.45) is -7.09. The van der Waals surface area contributed by atoms with Crippen molar-refractivity contribution in [2.75, 3.05) is 0 Å². The highest BCUT2D eigenvalue weighted by Gasteiger charge is 2.41. The highest BCUT2D eigenvalue weighted by molar-refractivity contribution is 5.80. The zero-order valence-electron chi connectivity index (χ0n) is 11.7. The van der Waals surface area contributed by atoms with Gasteiger partial charge in [-0.1, -0.05) is 56.3 Å². The molecule has 21 heavy (non-hydrogen) atoms. The van der Waals surface area contributed by atoms with Crippen molar-refractivity contribution in [2.45, 2.75) is 31.5 Å². The fourth-order valence-corrected chi connectivity index (χ4v) is 3.08. The van der Waals surface area contributed by atoms with Gasteiger partial charge in [-0.15, -0.1) is 0 Å². The van der Waals surface area contributed by atoms with Crippen LogP contribution in [0.5, 0.6) is 0 Å². The molecule has 1 aliphatic rings. The molecule has 0 radical (unpaired) electrons. The molecule has 0 heterocycles. The van der Waals surface area contributed by atoms with E-state index in [0.717, 1.165) is 22.3 Å². The maximum Gasteiger partial charge on any atom is 0.418 e. The molecule has 0 saturated heterocycles. The minimum atomic E-state index is -4.65. The van der Waals surface area contributed by atoms with Crippen molar-refractivity contribution in [3.8, 4) is 11.1 Å². The lowest BCUT2D eigenvalue weighted by molar-refractivity contribution is -0.206. The molecule has 0 saturated carbocycles. The van der Waals surface area contributed by atoms with Gasteiger partial charge in [0.05, 0.1) is 0 Å². The van der Waals surface area contributed by atoms with E-state index in [1.165, 1.54) is 12.1 Å². The molecule has 1 N–H and O–H groups in total. The molecule has 0 aromatic heterocycles. The molecule has 3 rings (SSSR count). The number of benzene rings is 2. The van der Waals surface area contributed by atoms with Crippen molar-refractivity contribution in [2.24, 2.45) is 0 Å². The van der Waals surface area contributed by atoms with E-state index in [2.05, 4.69) is 0 Å². The van der Waals surface area contributed by atoms with Crippen LogP contribution in [0.3, 0.4) is 0 Å². The van der Waals surface area contributed by atoms with Crippen LogP contribution in [-0.2, 0) is 5.41 Å². The molecular weight excluding hydrogens is 277 g/mol. The van der Waals surface area contributed by atoms with Crippen LogP contribution in [0.4, 0.5) is 13.2 Å². The monoisotopic (exact) mass is 292 g/mol. The molecule has 0 aliphatic heterocycles. The van der Waals surface area contributed by atoms with E-state index in [1.807, 2.05) is 38.1 Å². The van der Waals surface area contributed by atoms with Gasteiger partial charge in [-0.2, -0.15) is 13.2 Å². The topological polar surface area (TPSA) is 20.2 Å². The van der Waals surface area contributed by atoms with Gasteiger partial charge in [0.1, 0.15) is 0 Å². The molecule has 110 valence electrons. The summed E-state index contributed by atoms with van der Waals surface area (Å²) >= 11 is 0. The second kappa shape index (κ2) is 4.34. The van der Waals surface area contributed by atoms with Crippen molar-refractivity contribution >= 4 is 0 Å². The van der Waals surface area contributed by atoms with Crippen molar-refractivity contribution < 1.29 is 18.3 Å². The summed E-state index contributed by atoms with van der Waals surface area (Å²) in [7, 11) is 0. The van der Waals surface area contributed by atoms with Gasteiger partial charge in [-0.3, -0.25) is 0 Å². The molecule has 0 bridgehead atoms. The molecule has 2 aromatic carbocycles. The normalized spacial score (nSPS) is 17.2. The average Bonchev–Trinajstić information content (AvgIpc) is 2.66. The Morgan fingerprint density at radius 2 is 1.57 bits per heavy atom. The third-order valence-corrected chi connectivity index (χ3v) is 4.23. The van der Waals surface area contributed by atoms with Gasteiger partial charge in [0.2, 0.25) is 0 Å². The minimum Gasteiger partial charge on any atom is -0.379 e. The van der Waals surface area contributed by atoms with Gasteiger partial charge < -0.3 is 5.11 Å². The Morgan fingerprint density at radius 3 is 2.24 bits per heavy atom. The van der Waals surface area contributed by atoms with E-state index in [0.29, 0.717) is 0 Å². The minimum absolute atomic E-state index is 0.109. The van der Waals surface area contributed by atoms with Crippen molar-refractivity contribution in [3.05, 3.63) is 59.2 Å². The van der Waals surface area contributed by atoms with E-state index in [-0.39, 0.29) is 11.0 Å². The van der Waals surface area contributed by atoms with Gasteiger partial charge >= 0.3 is 6.18 Å². The number of aliphatic hydroxyl groups excluding tert-OH is 1. The molecule has 1 aliphatic carbocycles. The van der Waals surface area contributed by atoms with Crippen LogP contribution in [0.15, 0.2) is 42.5 Å². The maximum atomic E-state index is 12.7. The van der Waals surface area contributed by atoms with Crippen LogP contribution < -0.4 is 0 Å². The Labute approximate surface area is 121 Å². The predicted octanol–water partition coefficient (Wildman–Crippen LogP) is 4.59. The molecule has 1 unspecified atom stereocenters. The summed E-state index contributed by atoms with van der Waals surface area (Å²) in [5, 5.41) is 9.45. The first kappa shape index (κ1) is 14.1. The maximum absolute atomic E-state index is 12.7. The van der Waals surface area contributed by atoms with Gasteiger partial charge in [0, 0.05) is 5.41 Å². The first-order valence-corrected chi connectivity index (χ1v) is 6.72. The number of hydrogen-bond acceptors (Lipinski definition) is 1. The lowest BCUT2D eigenvalue weighted by atomic mass is 9.81. The Balaban J connectivity index is 2.16. The average molecular weight is 292 g/mol. The molecule has 2 aromatic rings.